The lowest BCUT2D eigenvalue weighted by Gasteiger charge is -2.26. The summed E-state index contributed by atoms with van der Waals surface area (Å²) in [6.07, 6.45) is 0. The molecule has 0 bridgehead atoms. The molecule has 1 aliphatic heterocycles. The second kappa shape index (κ2) is 9.36. The average molecular weight is 357 g/mol. The summed E-state index contributed by atoms with van der Waals surface area (Å²) in [5, 5.41) is 7.06. The Morgan fingerprint density at radius 2 is 1.80 bits per heavy atom. The zero-order chi connectivity index (χ0) is 17.3. The molecular formula is C19H23N3O2S. The van der Waals surface area contributed by atoms with E-state index in [1.54, 1.807) is 0 Å². The Morgan fingerprint density at radius 1 is 1.04 bits per heavy atom. The predicted molar refractivity (Wildman–Crippen MR) is 104 cm³/mol. The molecule has 132 valence electrons. The number of hydrogen-bond acceptors (Lipinski definition) is 4. The fourth-order valence-electron chi connectivity index (χ4n) is 2.59. The molecule has 1 heterocycles. The molecule has 0 atom stereocenters. The SMILES string of the molecule is S=C(NCCN1CCOCC1)Nc1cccc(Oc2ccccc2)c1. The van der Waals surface area contributed by atoms with Crippen LogP contribution in [0.1, 0.15) is 0 Å². The van der Waals surface area contributed by atoms with Gasteiger partial charge in [0.05, 0.1) is 13.2 Å². The van der Waals surface area contributed by atoms with E-state index in [-0.39, 0.29) is 0 Å². The second-order valence-electron chi connectivity index (χ2n) is 5.78. The van der Waals surface area contributed by atoms with Crippen molar-refractivity contribution in [3.05, 3.63) is 54.6 Å². The molecule has 0 radical (unpaired) electrons. The third-order valence-corrected chi connectivity index (χ3v) is 4.13. The van der Waals surface area contributed by atoms with Crippen molar-refractivity contribution in [2.24, 2.45) is 0 Å². The normalized spacial score (nSPS) is 14.7. The van der Waals surface area contributed by atoms with Gasteiger partial charge in [0.25, 0.3) is 0 Å². The first-order valence-corrected chi connectivity index (χ1v) is 8.88. The van der Waals surface area contributed by atoms with Crippen LogP contribution in [0.25, 0.3) is 0 Å². The van der Waals surface area contributed by atoms with Gasteiger partial charge in [-0.15, -0.1) is 0 Å². The van der Waals surface area contributed by atoms with Crippen molar-refractivity contribution in [1.82, 2.24) is 10.2 Å². The van der Waals surface area contributed by atoms with E-state index in [0.717, 1.165) is 56.6 Å². The molecule has 2 aromatic carbocycles. The van der Waals surface area contributed by atoms with E-state index >= 15 is 0 Å². The highest BCUT2D eigenvalue weighted by Gasteiger charge is 2.09. The molecule has 1 aliphatic rings. The highest BCUT2D eigenvalue weighted by molar-refractivity contribution is 7.80. The topological polar surface area (TPSA) is 45.8 Å². The van der Waals surface area contributed by atoms with Crippen LogP contribution in [0.2, 0.25) is 0 Å². The quantitative estimate of drug-likeness (QED) is 0.775. The number of benzene rings is 2. The van der Waals surface area contributed by atoms with Gasteiger partial charge in [-0.25, -0.2) is 0 Å². The van der Waals surface area contributed by atoms with Gasteiger partial charge in [-0.1, -0.05) is 24.3 Å². The highest BCUT2D eigenvalue weighted by atomic mass is 32.1. The number of rotatable bonds is 6. The van der Waals surface area contributed by atoms with Gasteiger partial charge < -0.3 is 20.1 Å². The van der Waals surface area contributed by atoms with Crippen LogP contribution >= 0.6 is 12.2 Å². The summed E-state index contributed by atoms with van der Waals surface area (Å²) < 4.78 is 11.2. The zero-order valence-corrected chi connectivity index (χ0v) is 14.9. The fraction of sp³-hybridized carbons (Fsp3) is 0.316. The minimum atomic E-state index is 0.616. The minimum absolute atomic E-state index is 0.616. The van der Waals surface area contributed by atoms with Crippen molar-refractivity contribution < 1.29 is 9.47 Å². The van der Waals surface area contributed by atoms with Crippen molar-refractivity contribution in [2.75, 3.05) is 44.7 Å². The van der Waals surface area contributed by atoms with E-state index in [1.807, 2.05) is 54.6 Å². The lowest BCUT2D eigenvalue weighted by atomic mass is 10.3. The van der Waals surface area contributed by atoms with E-state index in [0.29, 0.717) is 5.11 Å². The van der Waals surface area contributed by atoms with Crippen molar-refractivity contribution >= 4 is 23.0 Å². The van der Waals surface area contributed by atoms with Gasteiger partial charge in [0.1, 0.15) is 11.5 Å². The van der Waals surface area contributed by atoms with Crippen molar-refractivity contribution in [3.8, 4) is 11.5 Å². The number of nitrogens with zero attached hydrogens (tertiary/aromatic N) is 1. The maximum absolute atomic E-state index is 5.84. The molecule has 3 rings (SSSR count). The molecular weight excluding hydrogens is 334 g/mol. The molecule has 0 unspecified atom stereocenters. The summed E-state index contributed by atoms with van der Waals surface area (Å²) in [7, 11) is 0. The Kier molecular flexibility index (Phi) is 6.62. The Morgan fingerprint density at radius 3 is 2.60 bits per heavy atom. The largest absolute Gasteiger partial charge is 0.457 e. The Hall–Kier alpha value is -2.15. The molecule has 1 saturated heterocycles. The molecule has 2 N–H and O–H groups in total. The number of anilines is 1. The number of nitrogens with one attached hydrogen (secondary N) is 2. The molecule has 0 spiro atoms. The van der Waals surface area contributed by atoms with Gasteiger partial charge in [-0.2, -0.15) is 0 Å². The van der Waals surface area contributed by atoms with Gasteiger partial charge in [-0.05, 0) is 36.5 Å². The van der Waals surface area contributed by atoms with Gasteiger partial charge in [-0.3, -0.25) is 4.90 Å². The van der Waals surface area contributed by atoms with E-state index in [9.17, 15) is 0 Å². The van der Waals surface area contributed by atoms with E-state index in [2.05, 4.69) is 15.5 Å². The zero-order valence-electron chi connectivity index (χ0n) is 14.1. The Bertz CT molecular complexity index is 675. The van der Waals surface area contributed by atoms with Crippen LogP contribution in [0.15, 0.2) is 54.6 Å². The fourth-order valence-corrected chi connectivity index (χ4v) is 2.81. The Balaban J connectivity index is 1.45. The number of para-hydroxylation sites is 1. The summed E-state index contributed by atoms with van der Waals surface area (Å²) >= 11 is 5.37. The first kappa shape index (κ1) is 17.7. The van der Waals surface area contributed by atoms with Crippen LogP contribution in [-0.2, 0) is 4.74 Å². The molecule has 0 amide bonds. The lowest BCUT2D eigenvalue weighted by molar-refractivity contribution is 0.0389. The summed E-state index contributed by atoms with van der Waals surface area (Å²) in [5.74, 6) is 1.58. The van der Waals surface area contributed by atoms with E-state index < -0.39 is 0 Å². The van der Waals surface area contributed by atoms with Gasteiger partial charge >= 0.3 is 0 Å². The number of ether oxygens (including phenoxy) is 2. The van der Waals surface area contributed by atoms with Crippen LogP contribution in [0.4, 0.5) is 5.69 Å². The lowest BCUT2D eigenvalue weighted by Crippen LogP contribution is -2.42. The minimum Gasteiger partial charge on any atom is -0.457 e. The predicted octanol–water partition coefficient (Wildman–Crippen LogP) is 3.10. The number of hydrogen-bond donors (Lipinski definition) is 2. The number of morpholine rings is 1. The van der Waals surface area contributed by atoms with E-state index in [1.165, 1.54) is 0 Å². The van der Waals surface area contributed by atoms with Crippen LogP contribution in [0.5, 0.6) is 11.5 Å². The van der Waals surface area contributed by atoms with Crippen molar-refractivity contribution in [2.45, 2.75) is 0 Å². The van der Waals surface area contributed by atoms with Crippen molar-refractivity contribution in [3.63, 3.8) is 0 Å². The summed E-state index contributed by atoms with van der Waals surface area (Å²) in [5.41, 5.74) is 0.900. The Labute approximate surface area is 153 Å². The van der Waals surface area contributed by atoms with Crippen LogP contribution in [-0.4, -0.2) is 49.4 Å². The van der Waals surface area contributed by atoms with Crippen LogP contribution < -0.4 is 15.4 Å². The van der Waals surface area contributed by atoms with Gasteiger partial charge in [0.15, 0.2) is 5.11 Å². The maximum atomic E-state index is 5.84. The molecule has 0 aromatic heterocycles. The first-order valence-electron chi connectivity index (χ1n) is 8.47. The smallest absolute Gasteiger partial charge is 0.170 e. The molecule has 1 fully saturated rings. The summed E-state index contributed by atoms with van der Waals surface area (Å²) in [6, 6.07) is 17.5. The maximum Gasteiger partial charge on any atom is 0.170 e. The molecule has 6 heteroatoms. The molecule has 0 saturated carbocycles. The standard InChI is InChI=1S/C19H23N3O2S/c25-19(20-9-10-22-11-13-23-14-12-22)21-16-5-4-8-18(15-16)24-17-6-2-1-3-7-17/h1-8,15H,9-14H2,(H2,20,21,25). The van der Waals surface area contributed by atoms with Crippen LogP contribution in [0, 0.1) is 0 Å². The van der Waals surface area contributed by atoms with Crippen LogP contribution in [0.3, 0.4) is 0 Å². The van der Waals surface area contributed by atoms with E-state index in [4.69, 9.17) is 21.7 Å². The monoisotopic (exact) mass is 357 g/mol. The second-order valence-corrected chi connectivity index (χ2v) is 6.19. The molecule has 5 nitrogen and oxygen atoms in total. The molecule has 2 aromatic rings. The molecule has 0 aliphatic carbocycles. The van der Waals surface area contributed by atoms with Gasteiger partial charge in [0, 0.05) is 37.9 Å². The third-order valence-electron chi connectivity index (χ3n) is 3.89. The van der Waals surface area contributed by atoms with Crippen molar-refractivity contribution in [1.29, 1.82) is 0 Å². The number of thiocarbonyl (C=S) groups is 1. The highest BCUT2D eigenvalue weighted by Crippen LogP contribution is 2.23. The molecule has 25 heavy (non-hydrogen) atoms. The average Bonchev–Trinajstić information content (AvgIpc) is 2.64. The van der Waals surface area contributed by atoms with Gasteiger partial charge in [0.2, 0.25) is 0 Å². The summed E-state index contributed by atoms with van der Waals surface area (Å²) in [4.78, 5) is 2.37. The summed E-state index contributed by atoms with van der Waals surface area (Å²) in [6.45, 7) is 5.38. The first-order chi connectivity index (χ1) is 12.3. The third kappa shape index (κ3) is 6.01.